The van der Waals surface area contributed by atoms with Gasteiger partial charge in [-0.3, -0.25) is 0 Å². The number of aryl methyl sites for hydroxylation is 1. The molecule has 2 nitrogen and oxygen atoms in total. The quantitative estimate of drug-likeness (QED) is 0.586. The molecular weight excluding hydrogens is 232 g/mol. The van der Waals surface area contributed by atoms with Gasteiger partial charge < -0.3 is 9.47 Å². The molecule has 0 aromatic heterocycles. The van der Waals surface area contributed by atoms with Gasteiger partial charge in [-0.05, 0) is 24.1 Å². The molecule has 0 fully saturated rings. The van der Waals surface area contributed by atoms with Gasteiger partial charge >= 0.3 is 0 Å². The summed E-state index contributed by atoms with van der Waals surface area (Å²) in [4.78, 5) is 0. The van der Waals surface area contributed by atoms with Crippen molar-refractivity contribution in [3.63, 3.8) is 0 Å². The molecule has 72 valence electrons. The molecule has 0 radical (unpaired) electrons. The Morgan fingerprint density at radius 2 is 1.92 bits per heavy atom. The summed E-state index contributed by atoms with van der Waals surface area (Å²) in [6, 6.07) is 8.03. The summed E-state index contributed by atoms with van der Waals surface area (Å²) in [5, 5.41) is 0.991. The molecule has 0 saturated heterocycles. The van der Waals surface area contributed by atoms with Gasteiger partial charge in [0.25, 0.3) is 0 Å². The molecule has 0 bridgehead atoms. The van der Waals surface area contributed by atoms with Crippen molar-refractivity contribution in [2.45, 2.75) is 6.42 Å². The molecule has 0 spiro atoms. The maximum atomic E-state index is 5.25. The largest absolute Gasteiger partial charge is 0.468 e. The first-order chi connectivity index (χ1) is 6.36. The van der Waals surface area contributed by atoms with E-state index in [9.17, 15) is 0 Å². The van der Waals surface area contributed by atoms with Crippen LogP contribution < -0.4 is 4.74 Å². The zero-order chi connectivity index (χ0) is 9.52. The van der Waals surface area contributed by atoms with Crippen molar-refractivity contribution in [1.29, 1.82) is 0 Å². The molecule has 1 aromatic rings. The van der Waals surface area contributed by atoms with E-state index in [1.807, 2.05) is 12.1 Å². The first kappa shape index (κ1) is 10.5. The van der Waals surface area contributed by atoms with E-state index in [4.69, 9.17) is 9.47 Å². The predicted octanol–water partition coefficient (Wildman–Crippen LogP) is 2.61. The maximum absolute atomic E-state index is 5.25. The molecule has 0 aliphatic carbocycles. The van der Waals surface area contributed by atoms with E-state index in [1.165, 1.54) is 5.56 Å². The average molecular weight is 245 g/mol. The fraction of sp³-hybridized carbons (Fsp3) is 0.400. The first-order valence-corrected chi connectivity index (χ1v) is 5.25. The molecule has 0 N–H and O–H groups in total. The Labute approximate surface area is 87.0 Å². The van der Waals surface area contributed by atoms with Gasteiger partial charge in [-0.2, -0.15) is 0 Å². The molecule has 1 aromatic carbocycles. The lowest BCUT2D eigenvalue weighted by atomic mass is 10.2. The van der Waals surface area contributed by atoms with E-state index in [2.05, 4.69) is 28.1 Å². The van der Waals surface area contributed by atoms with Crippen molar-refractivity contribution in [3.05, 3.63) is 29.8 Å². The van der Waals surface area contributed by atoms with Gasteiger partial charge in [0.05, 0.1) is 0 Å². The molecule has 0 atom stereocenters. The Morgan fingerprint density at radius 3 is 2.46 bits per heavy atom. The summed E-state index contributed by atoms with van der Waals surface area (Å²) < 4.78 is 10.0. The second-order valence-electron chi connectivity index (χ2n) is 2.63. The van der Waals surface area contributed by atoms with Gasteiger partial charge in [0.2, 0.25) is 0 Å². The first-order valence-electron chi connectivity index (χ1n) is 4.13. The van der Waals surface area contributed by atoms with Gasteiger partial charge in [-0.25, -0.2) is 0 Å². The van der Waals surface area contributed by atoms with Crippen molar-refractivity contribution < 1.29 is 9.47 Å². The van der Waals surface area contributed by atoms with Crippen LogP contribution in [0.5, 0.6) is 5.75 Å². The Morgan fingerprint density at radius 1 is 1.23 bits per heavy atom. The number of benzene rings is 1. The minimum Gasteiger partial charge on any atom is -0.468 e. The molecule has 3 heteroatoms. The SMILES string of the molecule is COCOc1ccc(CCBr)cc1. The smallest absolute Gasteiger partial charge is 0.188 e. The molecule has 1 rings (SSSR count). The van der Waals surface area contributed by atoms with Crippen LogP contribution in [0.4, 0.5) is 0 Å². The third kappa shape index (κ3) is 3.79. The monoisotopic (exact) mass is 244 g/mol. The average Bonchev–Trinajstić information content (AvgIpc) is 2.17. The lowest BCUT2D eigenvalue weighted by Gasteiger charge is -2.04. The fourth-order valence-corrected chi connectivity index (χ4v) is 1.45. The fourth-order valence-electron chi connectivity index (χ4n) is 0.988. The Kier molecular flexibility index (Phi) is 4.86. The second-order valence-corrected chi connectivity index (χ2v) is 3.43. The van der Waals surface area contributed by atoms with E-state index < -0.39 is 0 Å². The minimum atomic E-state index is 0.303. The standard InChI is InChI=1S/C10H13BrO2/c1-12-8-13-10-4-2-9(3-5-10)6-7-11/h2-5H,6-8H2,1H3. The summed E-state index contributed by atoms with van der Waals surface area (Å²) in [6.07, 6.45) is 1.05. The zero-order valence-corrected chi connectivity index (χ0v) is 9.21. The van der Waals surface area contributed by atoms with Gasteiger partial charge in [0.15, 0.2) is 6.79 Å². The number of hydrogen-bond acceptors (Lipinski definition) is 2. The highest BCUT2D eigenvalue weighted by Crippen LogP contribution is 2.12. The summed E-state index contributed by atoms with van der Waals surface area (Å²) in [5.74, 6) is 0.847. The van der Waals surface area contributed by atoms with Crippen LogP contribution in [0, 0.1) is 0 Å². The second kappa shape index (κ2) is 6.00. The normalized spacial score (nSPS) is 10.0. The highest BCUT2D eigenvalue weighted by molar-refractivity contribution is 9.09. The van der Waals surface area contributed by atoms with Crippen LogP contribution in [-0.2, 0) is 11.2 Å². The number of rotatable bonds is 5. The summed E-state index contributed by atoms with van der Waals surface area (Å²) in [7, 11) is 1.61. The number of methoxy groups -OCH3 is 1. The predicted molar refractivity (Wildman–Crippen MR) is 56.4 cm³/mol. The van der Waals surface area contributed by atoms with Gasteiger partial charge in [-0.15, -0.1) is 0 Å². The third-order valence-corrected chi connectivity index (χ3v) is 2.05. The van der Waals surface area contributed by atoms with E-state index in [1.54, 1.807) is 7.11 Å². The molecular formula is C10H13BrO2. The summed E-state index contributed by atoms with van der Waals surface area (Å²) in [6.45, 7) is 0.303. The lowest BCUT2D eigenvalue weighted by molar-refractivity contribution is 0.0511. The lowest BCUT2D eigenvalue weighted by Crippen LogP contribution is -1.98. The number of halogens is 1. The van der Waals surface area contributed by atoms with E-state index in [0.29, 0.717) is 6.79 Å². The topological polar surface area (TPSA) is 18.5 Å². The van der Waals surface area contributed by atoms with Crippen molar-refractivity contribution in [2.75, 3.05) is 19.2 Å². The molecule has 0 aliphatic rings. The van der Waals surface area contributed by atoms with Crippen LogP contribution in [0.2, 0.25) is 0 Å². The third-order valence-electron chi connectivity index (χ3n) is 1.65. The van der Waals surface area contributed by atoms with E-state index in [0.717, 1.165) is 17.5 Å². The molecule has 0 unspecified atom stereocenters. The molecule has 0 aliphatic heterocycles. The van der Waals surface area contributed by atoms with Gasteiger partial charge in [0.1, 0.15) is 5.75 Å². The van der Waals surface area contributed by atoms with Crippen LogP contribution in [-0.4, -0.2) is 19.2 Å². The number of ether oxygens (including phenoxy) is 2. The van der Waals surface area contributed by atoms with Crippen molar-refractivity contribution in [1.82, 2.24) is 0 Å². The molecule has 0 heterocycles. The van der Waals surface area contributed by atoms with Gasteiger partial charge in [-0.1, -0.05) is 28.1 Å². The van der Waals surface area contributed by atoms with Crippen LogP contribution in [0.3, 0.4) is 0 Å². The maximum Gasteiger partial charge on any atom is 0.188 e. The molecule has 13 heavy (non-hydrogen) atoms. The van der Waals surface area contributed by atoms with E-state index in [-0.39, 0.29) is 0 Å². The summed E-state index contributed by atoms with van der Waals surface area (Å²) >= 11 is 3.40. The zero-order valence-electron chi connectivity index (χ0n) is 7.63. The highest BCUT2D eigenvalue weighted by Gasteiger charge is 1.94. The Balaban J connectivity index is 2.48. The molecule has 0 amide bonds. The van der Waals surface area contributed by atoms with Crippen LogP contribution >= 0.6 is 15.9 Å². The van der Waals surface area contributed by atoms with Crippen LogP contribution in [0.25, 0.3) is 0 Å². The van der Waals surface area contributed by atoms with Crippen molar-refractivity contribution in [2.24, 2.45) is 0 Å². The van der Waals surface area contributed by atoms with Crippen LogP contribution in [0.1, 0.15) is 5.56 Å². The number of hydrogen-bond donors (Lipinski definition) is 0. The highest BCUT2D eigenvalue weighted by atomic mass is 79.9. The number of alkyl halides is 1. The van der Waals surface area contributed by atoms with Crippen molar-refractivity contribution in [3.8, 4) is 5.75 Å². The molecule has 0 saturated carbocycles. The van der Waals surface area contributed by atoms with Crippen LogP contribution in [0.15, 0.2) is 24.3 Å². The minimum absolute atomic E-state index is 0.303. The summed E-state index contributed by atoms with van der Waals surface area (Å²) in [5.41, 5.74) is 1.31. The van der Waals surface area contributed by atoms with E-state index >= 15 is 0 Å². The van der Waals surface area contributed by atoms with Crippen molar-refractivity contribution >= 4 is 15.9 Å². The Bertz CT molecular complexity index is 233. The van der Waals surface area contributed by atoms with Gasteiger partial charge in [0, 0.05) is 12.4 Å². The Hall–Kier alpha value is -0.540.